The second-order valence-electron chi connectivity index (χ2n) is 5.45. The number of nitrogens with zero attached hydrogens (tertiary/aromatic N) is 3. The first kappa shape index (κ1) is 14.2. The van der Waals surface area contributed by atoms with Crippen molar-refractivity contribution in [2.75, 3.05) is 7.05 Å². The molecule has 2 aromatic rings. The van der Waals surface area contributed by atoms with Crippen LogP contribution in [0.3, 0.4) is 0 Å². The van der Waals surface area contributed by atoms with Crippen molar-refractivity contribution in [3.8, 4) is 0 Å². The normalized spacial score (nSPS) is 18.5. The summed E-state index contributed by atoms with van der Waals surface area (Å²) in [5.41, 5.74) is 2.55. The maximum absolute atomic E-state index is 4.79. The van der Waals surface area contributed by atoms with Gasteiger partial charge < -0.3 is 0 Å². The van der Waals surface area contributed by atoms with Crippen molar-refractivity contribution in [1.29, 1.82) is 0 Å². The van der Waals surface area contributed by atoms with Crippen molar-refractivity contribution in [2.45, 2.75) is 52.1 Å². The summed E-state index contributed by atoms with van der Waals surface area (Å²) in [7, 11) is 2.22. The summed E-state index contributed by atoms with van der Waals surface area (Å²) in [6.07, 6.45) is 4.72. The molecule has 0 aliphatic heterocycles. The fourth-order valence-electron chi connectivity index (χ4n) is 2.87. The van der Waals surface area contributed by atoms with Crippen molar-refractivity contribution in [3.05, 3.63) is 31.7 Å². The first-order valence-corrected chi connectivity index (χ1v) is 8.96. The number of rotatable bonds is 4. The molecule has 0 spiro atoms. The molecule has 2 heterocycles. The first-order valence-electron chi connectivity index (χ1n) is 7.27. The molecule has 1 aliphatic carbocycles. The van der Waals surface area contributed by atoms with Crippen LogP contribution in [0.4, 0.5) is 0 Å². The zero-order chi connectivity index (χ0) is 14.1. The van der Waals surface area contributed by atoms with E-state index in [4.69, 9.17) is 4.98 Å². The van der Waals surface area contributed by atoms with Crippen LogP contribution >= 0.6 is 22.7 Å². The van der Waals surface area contributed by atoms with Gasteiger partial charge in [-0.1, -0.05) is 6.92 Å². The predicted octanol–water partition coefficient (Wildman–Crippen LogP) is 3.98. The molecule has 0 amide bonds. The Hall–Kier alpha value is -0.780. The molecule has 1 atom stereocenters. The molecule has 0 aromatic carbocycles. The molecular formula is C15H21N3S2. The summed E-state index contributed by atoms with van der Waals surface area (Å²) in [5, 5.41) is 4.63. The lowest BCUT2D eigenvalue weighted by Gasteiger charge is -2.30. The minimum Gasteiger partial charge on any atom is -0.293 e. The second-order valence-corrected chi connectivity index (χ2v) is 7.63. The lowest BCUT2D eigenvalue weighted by molar-refractivity contribution is 0.214. The fraction of sp³-hybridized carbons (Fsp3) is 0.600. The van der Waals surface area contributed by atoms with Gasteiger partial charge in [0, 0.05) is 22.8 Å². The van der Waals surface area contributed by atoms with E-state index in [-0.39, 0.29) is 0 Å². The quantitative estimate of drug-likeness (QED) is 0.855. The van der Waals surface area contributed by atoms with E-state index < -0.39 is 0 Å². The lowest BCUT2D eigenvalue weighted by atomic mass is 9.97. The fourth-order valence-corrected chi connectivity index (χ4v) is 4.72. The molecule has 0 bridgehead atoms. The van der Waals surface area contributed by atoms with Crippen LogP contribution in [0.5, 0.6) is 0 Å². The highest BCUT2D eigenvalue weighted by Crippen LogP contribution is 2.38. The molecule has 3 rings (SSSR count). The molecule has 2 aromatic heterocycles. The van der Waals surface area contributed by atoms with Gasteiger partial charge in [-0.25, -0.2) is 9.97 Å². The monoisotopic (exact) mass is 307 g/mol. The molecule has 1 aliphatic rings. The third-order valence-electron chi connectivity index (χ3n) is 3.88. The van der Waals surface area contributed by atoms with Gasteiger partial charge in [0.1, 0.15) is 0 Å². The van der Waals surface area contributed by atoms with Crippen LogP contribution in [0.1, 0.15) is 52.1 Å². The second kappa shape index (κ2) is 5.92. The Balaban J connectivity index is 1.79. The van der Waals surface area contributed by atoms with E-state index in [0.717, 1.165) is 24.4 Å². The van der Waals surface area contributed by atoms with E-state index in [2.05, 4.69) is 36.2 Å². The van der Waals surface area contributed by atoms with Gasteiger partial charge in [-0.05, 0) is 39.7 Å². The summed E-state index contributed by atoms with van der Waals surface area (Å²) in [6, 6.07) is 0.526. The molecule has 5 heteroatoms. The van der Waals surface area contributed by atoms with Gasteiger partial charge in [0.15, 0.2) is 0 Å². The Morgan fingerprint density at radius 1 is 1.40 bits per heavy atom. The molecule has 0 saturated heterocycles. The average Bonchev–Trinajstić information content (AvgIpc) is 3.03. The van der Waals surface area contributed by atoms with Crippen LogP contribution in [0.25, 0.3) is 0 Å². The highest BCUT2D eigenvalue weighted by molar-refractivity contribution is 7.11. The van der Waals surface area contributed by atoms with Gasteiger partial charge in [0.25, 0.3) is 0 Å². The number of hydrogen-bond acceptors (Lipinski definition) is 5. The predicted molar refractivity (Wildman–Crippen MR) is 85.5 cm³/mol. The highest BCUT2D eigenvalue weighted by atomic mass is 32.1. The van der Waals surface area contributed by atoms with Crippen LogP contribution in [0.2, 0.25) is 0 Å². The molecule has 0 N–H and O–H groups in total. The topological polar surface area (TPSA) is 29.0 Å². The summed E-state index contributed by atoms with van der Waals surface area (Å²) in [4.78, 5) is 13.3. The molecule has 0 fully saturated rings. The SMILES string of the molecule is CCc1nc2c(s1)[C@@H](N(C)Cc1csc(C)n1)CCC2. The van der Waals surface area contributed by atoms with Crippen molar-refractivity contribution in [2.24, 2.45) is 0 Å². The third-order valence-corrected chi connectivity index (χ3v) is 6.04. The summed E-state index contributed by atoms with van der Waals surface area (Å²) < 4.78 is 0. The van der Waals surface area contributed by atoms with E-state index in [1.807, 2.05) is 11.3 Å². The molecule has 3 nitrogen and oxygen atoms in total. The summed E-state index contributed by atoms with van der Waals surface area (Å²) >= 11 is 3.66. The van der Waals surface area contributed by atoms with E-state index in [9.17, 15) is 0 Å². The number of fused-ring (bicyclic) bond motifs is 1. The zero-order valence-corrected chi connectivity index (χ0v) is 14.0. The van der Waals surface area contributed by atoms with Crippen molar-refractivity contribution >= 4 is 22.7 Å². The minimum atomic E-state index is 0.526. The molecule has 0 saturated carbocycles. The third kappa shape index (κ3) is 2.80. The van der Waals surface area contributed by atoms with Crippen LogP contribution in [-0.4, -0.2) is 21.9 Å². The molecule has 0 unspecified atom stereocenters. The maximum atomic E-state index is 4.79. The van der Waals surface area contributed by atoms with E-state index in [1.54, 1.807) is 11.3 Å². The maximum Gasteiger partial charge on any atom is 0.0928 e. The largest absolute Gasteiger partial charge is 0.293 e. The van der Waals surface area contributed by atoms with Gasteiger partial charge in [-0.2, -0.15) is 0 Å². The molecule has 0 radical (unpaired) electrons. The summed E-state index contributed by atoms with van der Waals surface area (Å²) in [5.74, 6) is 0. The van der Waals surface area contributed by atoms with E-state index in [0.29, 0.717) is 6.04 Å². The zero-order valence-electron chi connectivity index (χ0n) is 12.3. The number of hydrogen-bond donors (Lipinski definition) is 0. The number of aromatic nitrogens is 2. The van der Waals surface area contributed by atoms with E-state index >= 15 is 0 Å². The Bertz CT molecular complexity index is 588. The van der Waals surface area contributed by atoms with Crippen LogP contribution in [0, 0.1) is 6.92 Å². The van der Waals surface area contributed by atoms with Gasteiger partial charge in [-0.15, -0.1) is 22.7 Å². The highest BCUT2D eigenvalue weighted by Gasteiger charge is 2.27. The van der Waals surface area contributed by atoms with Crippen LogP contribution in [0.15, 0.2) is 5.38 Å². The minimum absolute atomic E-state index is 0.526. The Labute approximate surface area is 128 Å². The van der Waals surface area contributed by atoms with Gasteiger partial charge in [0.05, 0.1) is 21.4 Å². The van der Waals surface area contributed by atoms with Gasteiger partial charge >= 0.3 is 0 Å². The molecule has 108 valence electrons. The Morgan fingerprint density at radius 2 is 2.25 bits per heavy atom. The number of aryl methyl sites for hydroxylation is 3. The lowest BCUT2D eigenvalue weighted by Crippen LogP contribution is -2.26. The van der Waals surface area contributed by atoms with Gasteiger partial charge in [0.2, 0.25) is 0 Å². The van der Waals surface area contributed by atoms with Crippen LogP contribution < -0.4 is 0 Å². The van der Waals surface area contributed by atoms with Crippen molar-refractivity contribution < 1.29 is 0 Å². The summed E-state index contributed by atoms with van der Waals surface area (Å²) in [6.45, 7) is 5.21. The standard InChI is InChI=1S/C15H21N3S2/c1-4-14-17-12-6-5-7-13(15(12)20-14)18(3)8-11-9-19-10(2)16-11/h9,13H,4-8H2,1-3H3/t13-/m0/s1. The Kier molecular flexibility index (Phi) is 4.19. The smallest absolute Gasteiger partial charge is 0.0928 e. The molecular weight excluding hydrogens is 286 g/mol. The van der Waals surface area contributed by atoms with Gasteiger partial charge in [-0.3, -0.25) is 4.90 Å². The number of thiazole rings is 2. The molecule has 20 heavy (non-hydrogen) atoms. The van der Waals surface area contributed by atoms with Crippen molar-refractivity contribution in [3.63, 3.8) is 0 Å². The van der Waals surface area contributed by atoms with Crippen molar-refractivity contribution in [1.82, 2.24) is 14.9 Å². The average molecular weight is 307 g/mol. The van der Waals surface area contributed by atoms with E-state index in [1.165, 1.54) is 34.1 Å². The Morgan fingerprint density at radius 3 is 2.95 bits per heavy atom. The first-order chi connectivity index (χ1) is 9.67. The van der Waals surface area contributed by atoms with Crippen LogP contribution in [-0.2, 0) is 19.4 Å².